The minimum absolute atomic E-state index is 0.0512. The van der Waals surface area contributed by atoms with Gasteiger partial charge in [-0.05, 0) is 37.1 Å². The maximum atomic E-state index is 13.0. The van der Waals surface area contributed by atoms with Crippen LogP contribution < -0.4 is 5.73 Å². The Morgan fingerprint density at radius 2 is 2.17 bits per heavy atom. The van der Waals surface area contributed by atoms with E-state index >= 15 is 0 Å². The molecule has 0 unspecified atom stereocenters. The molecule has 18 heavy (non-hydrogen) atoms. The van der Waals surface area contributed by atoms with Crippen LogP contribution in [0.25, 0.3) is 0 Å². The van der Waals surface area contributed by atoms with Crippen molar-refractivity contribution in [1.29, 1.82) is 0 Å². The summed E-state index contributed by atoms with van der Waals surface area (Å²) in [6.45, 7) is 5.02. The van der Waals surface area contributed by atoms with Gasteiger partial charge in [-0.3, -0.25) is 4.79 Å². The van der Waals surface area contributed by atoms with Gasteiger partial charge in [0, 0.05) is 18.7 Å². The Morgan fingerprint density at radius 3 is 2.72 bits per heavy atom. The van der Waals surface area contributed by atoms with Crippen molar-refractivity contribution in [2.45, 2.75) is 32.2 Å². The number of carbonyl (C=O) groups excluding carboxylic acids is 1. The predicted molar refractivity (Wildman–Crippen MR) is 68.9 cm³/mol. The van der Waals surface area contributed by atoms with Crippen LogP contribution in [-0.4, -0.2) is 29.4 Å². The summed E-state index contributed by atoms with van der Waals surface area (Å²) in [6.07, 6.45) is 1.95. The highest BCUT2D eigenvalue weighted by Gasteiger charge is 2.41. The van der Waals surface area contributed by atoms with E-state index in [0.717, 1.165) is 12.8 Å². The first-order valence-corrected chi connectivity index (χ1v) is 6.29. The molecule has 4 heteroatoms. The standard InChI is InChI=1S/C14H19FN2O/c1-3-6-14(16)8-17(9-14)13(18)12-5-4-11(15)7-10(12)2/h4-5,7H,3,6,8-9,16H2,1-2H3. The van der Waals surface area contributed by atoms with Crippen LogP contribution in [0, 0.1) is 12.7 Å². The SMILES string of the molecule is CCCC1(N)CN(C(=O)c2ccc(F)cc2C)C1. The lowest BCUT2D eigenvalue weighted by Crippen LogP contribution is -2.68. The Balaban J connectivity index is 2.06. The predicted octanol–water partition coefficient (Wildman–Crippen LogP) is 2.09. The molecular weight excluding hydrogens is 231 g/mol. The van der Waals surface area contributed by atoms with Crippen molar-refractivity contribution >= 4 is 5.91 Å². The molecule has 2 rings (SSSR count). The van der Waals surface area contributed by atoms with Crippen LogP contribution in [-0.2, 0) is 0 Å². The first-order valence-electron chi connectivity index (χ1n) is 6.29. The van der Waals surface area contributed by atoms with Crippen LogP contribution in [0.3, 0.4) is 0 Å². The van der Waals surface area contributed by atoms with Gasteiger partial charge < -0.3 is 10.6 Å². The molecule has 1 heterocycles. The molecule has 0 bridgehead atoms. The third kappa shape index (κ3) is 2.38. The number of nitrogens with zero attached hydrogens (tertiary/aromatic N) is 1. The van der Waals surface area contributed by atoms with Crippen molar-refractivity contribution in [2.75, 3.05) is 13.1 Å². The number of amides is 1. The van der Waals surface area contributed by atoms with Crippen molar-refractivity contribution in [3.63, 3.8) is 0 Å². The first-order chi connectivity index (χ1) is 8.45. The van der Waals surface area contributed by atoms with Gasteiger partial charge in [0.15, 0.2) is 0 Å². The number of carbonyl (C=O) groups is 1. The number of hydrogen-bond acceptors (Lipinski definition) is 2. The fourth-order valence-electron chi connectivity index (χ4n) is 2.55. The lowest BCUT2D eigenvalue weighted by Gasteiger charge is -2.48. The zero-order valence-electron chi connectivity index (χ0n) is 10.9. The number of benzene rings is 1. The Labute approximate surface area is 107 Å². The highest BCUT2D eigenvalue weighted by atomic mass is 19.1. The normalized spacial score (nSPS) is 17.4. The van der Waals surface area contributed by atoms with Crippen LogP contribution >= 0.6 is 0 Å². The van der Waals surface area contributed by atoms with Gasteiger partial charge in [-0.1, -0.05) is 13.3 Å². The Bertz CT molecular complexity index is 467. The second kappa shape index (κ2) is 4.69. The average Bonchev–Trinajstić information content (AvgIpc) is 2.25. The van der Waals surface area contributed by atoms with Gasteiger partial charge in [-0.15, -0.1) is 0 Å². The maximum Gasteiger partial charge on any atom is 0.254 e. The second-order valence-corrected chi connectivity index (χ2v) is 5.23. The molecular formula is C14H19FN2O. The van der Waals surface area contributed by atoms with Crippen LogP contribution in [0.2, 0.25) is 0 Å². The number of rotatable bonds is 3. The number of aryl methyl sites for hydroxylation is 1. The van der Waals surface area contributed by atoms with Gasteiger partial charge in [0.2, 0.25) is 0 Å². The molecule has 0 radical (unpaired) electrons. The molecule has 0 saturated carbocycles. The summed E-state index contributed by atoms with van der Waals surface area (Å²) in [5, 5.41) is 0. The topological polar surface area (TPSA) is 46.3 Å². The van der Waals surface area contributed by atoms with Crippen LogP contribution in [0.5, 0.6) is 0 Å². The molecule has 2 N–H and O–H groups in total. The average molecular weight is 250 g/mol. The molecule has 0 aliphatic carbocycles. The summed E-state index contributed by atoms with van der Waals surface area (Å²) < 4.78 is 13.0. The van der Waals surface area contributed by atoms with Gasteiger partial charge in [-0.2, -0.15) is 0 Å². The first kappa shape index (κ1) is 13.0. The zero-order valence-corrected chi connectivity index (χ0v) is 10.9. The van der Waals surface area contributed by atoms with E-state index in [-0.39, 0.29) is 17.3 Å². The van der Waals surface area contributed by atoms with E-state index in [1.165, 1.54) is 12.1 Å². The van der Waals surface area contributed by atoms with Crippen molar-refractivity contribution in [3.8, 4) is 0 Å². The van der Waals surface area contributed by atoms with Crippen LogP contribution in [0.1, 0.15) is 35.7 Å². The molecule has 0 aromatic heterocycles. The molecule has 1 saturated heterocycles. The largest absolute Gasteiger partial charge is 0.335 e. The second-order valence-electron chi connectivity index (χ2n) is 5.23. The summed E-state index contributed by atoms with van der Waals surface area (Å²) in [5.41, 5.74) is 7.14. The van der Waals surface area contributed by atoms with Gasteiger partial charge in [0.1, 0.15) is 5.82 Å². The fraction of sp³-hybridized carbons (Fsp3) is 0.500. The van der Waals surface area contributed by atoms with Crippen molar-refractivity contribution in [2.24, 2.45) is 5.73 Å². The summed E-state index contributed by atoms with van der Waals surface area (Å²) >= 11 is 0. The summed E-state index contributed by atoms with van der Waals surface area (Å²) in [5.74, 6) is -0.364. The molecule has 1 aliphatic heterocycles. The quantitative estimate of drug-likeness (QED) is 0.892. The molecule has 1 aromatic carbocycles. The van der Waals surface area contributed by atoms with E-state index < -0.39 is 0 Å². The molecule has 0 spiro atoms. The van der Waals surface area contributed by atoms with Crippen molar-refractivity contribution in [3.05, 3.63) is 35.1 Å². The van der Waals surface area contributed by atoms with Gasteiger partial charge >= 0.3 is 0 Å². The molecule has 1 aliphatic rings. The smallest absolute Gasteiger partial charge is 0.254 e. The van der Waals surface area contributed by atoms with Crippen LogP contribution in [0.15, 0.2) is 18.2 Å². The Hall–Kier alpha value is -1.42. The van der Waals surface area contributed by atoms with Crippen molar-refractivity contribution in [1.82, 2.24) is 4.90 Å². The fourth-order valence-corrected chi connectivity index (χ4v) is 2.55. The van der Waals surface area contributed by atoms with E-state index in [0.29, 0.717) is 24.2 Å². The number of nitrogens with two attached hydrogens (primary N) is 1. The van der Waals surface area contributed by atoms with E-state index in [2.05, 4.69) is 6.92 Å². The minimum atomic E-state index is -0.313. The summed E-state index contributed by atoms with van der Waals surface area (Å²) in [4.78, 5) is 13.9. The van der Waals surface area contributed by atoms with E-state index in [1.807, 2.05) is 0 Å². The molecule has 1 amide bonds. The maximum absolute atomic E-state index is 13.0. The van der Waals surface area contributed by atoms with Gasteiger partial charge in [0.05, 0.1) is 5.54 Å². The molecule has 1 fully saturated rings. The molecule has 1 aromatic rings. The molecule has 3 nitrogen and oxygen atoms in total. The van der Waals surface area contributed by atoms with E-state index in [9.17, 15) is 9.18 Å². The Kier molecular flexibility index (Phi) is 3.39. The summed E-state index contributed by atoms with van der Waals surface area (Å²) in [7, 11) is 0. The highest BCUT2D eigenvalue weighted by Crippen LogP contribution is 2.25. The number of likely N-dealkylation sites (tertiary alicyclic amines) is 1. The van der Waals surface area contributed by atoms with Gasteiger partial charge in [0.25, 0.3) is 5.91 Å². The number of hydrogen-bond donors (Lipinski definition) is 1. The van der Waals surface area contributed by atoms with E-state index in [1.54, 1.807) is 17.9 Å². The van der Waals surface area contributed by atoms with Gasteiger partial charge in [-0.25, -0.2) is 4.39 Å². The van der Waals surface area contributed by atoms with Crippen LogP contribution in [0.4, 0.5) is 4.39 Å². The zero-order chi connectivity index (χ0) is 13.3. The third-order valence-corrected chi connectivity index (χ3v) is 3.47. The number of halogens is 1. The third-order valence-electron chi connectivity index (χ3n) is 3.47. The minimum Gasteiger partial charge on any atom is -0.335 e. The summed E-state index contributed by atoms with van der Waals surface area (Å²) in [6, 6.07) is 4.25. The Morgan fingerprint density at radius 1 is 1.50 bits per heavy atom. The molecule has 98 valence electrons. The molecule has 0 atom stereocenters. The highest BCUT2D eigenvalue weighted by molar-refractivity contribution is 5.96. The lowest BCUT2D eigenvalue weighted by atomic mass is 9.85. The lowest BCUT2D eigenvalue weighted by molar-refractivity contribution is 0.0386. The van der Waals surface area contributed by atoms with E-state index in [4.69, 9.17) is 5.73 Å². The monoisotopic (exact) mass is 250 g/mol. The van der Waals surface area contributed by atoms with Crippen molar-refractivity contribution < 1.29 is 9.18 Å².